The van der Waals surface area contributed by atoms with Crippen molar-refractivity contribution in [3.8, 4) is 0 Å². The van der Waals surface area contributed by atoms with Gasteiger partial charge in [-0.3, -0.25) is 4.79 Å². The molecule has 0 aromatic heterocycles. The lowest BCUT2D eigenvalue weighted by Gasteiger charge is -2.30. The number of fused-ring (bicyclic) bond motifs is 2. The summed E-state index contributed by atoms with van der Waals surface area (Å²) in [6.07, 6.45) is -5.48. The molecule has 0 radical (unpaired) electrons. The van der Waals surface area contributed by atoms with Crippen molar-refractivity contribution in [1.82, 2.24) is 0 Å². The number of ether oxygens (including phenoxy) is 2. The number of aliphatic hydroxyl groups is 1. The largest absolute Gasteiger partial charge is 0.506 e. The van der Waals surface area contributed by atoms with Crippen LogP contribution in [-0.4, -0.2) is 60.7 Å². The Morgan fingerprint density at radius 2 is 1.40 bits per heavy atom. The maximum Gasteiger partial charge on any atom is 0.416 e. The molecule has 6 nitrogen and oxygen atoms in total. The van der Waals surface area contributed by atoms with E-state index < -0.39 is 40.1 Å². The highest BCUT2D eigenvalue weighted by Crippen LogP contribution is 2.51. The number of methoxy groups -OCH3 is 2. The van der Waals surface area contributed by atoms with E-state index in [9.17, 15) is 36.2 Å². The van der Waals surface area contributed by atoms with Crippen molar-refractivity contribution in [3.63, 3.8) is 0 Å². The second-order valence-electron chi connectivity index (χ2n) is 14.2. The number of ketones is 1. The van der Waals surface area contributed by atoms with E-state index in [0.717, 1.165) is 24.3 Å². The average molecular weight is 706 g/mol. The molecule has 0 bridgehead atoms. The Hall–Kier alpha value is -3.90. The molecule has 12 heteroatoms. The maximum atomic E-state index is 13.8. The monoisotopic (exact) mass is 705 g/mol. The highest BCUT2D eigenvalue weighted by Gasteiger charge is 2.49. The highest BCUT2D eigenvalue weighted by molar-refractivity contribution is 6.24. The summed E-state index contributed by atoms with van der Waals surface area (Å²) in [4.78, 5) is 15.6. The predicted octanol–water partition coefficient (Wildman–Crippen LogP) is 8.95. The zero-order valence-electron chi connectivity index (χ0n) is 29.4. The number of alkyl halides is 6. The van der Waals surface area contributed by atoms with Gasteiger partial charge in [-0.1, -0.05) is 26.0 Å². The molecule has 2 atom stereocenters. The molecule has 1 aliphatic carbocycles. The number of aliphatic hydroxyl groups excluding tert-OH is 1. The lowest BCUT2D eigenvalue weighted by Crippen LogP contribution is -2.33. The molecule has 0 amide bonds. The Bertz CT molecular complexity index is 1830. The van der Waals surface area contributed by atoms with Crippen molar-refractivity contribution in [2.24, 2.45) is 0 Å². The Morgan fingerprint density at radius 1 is 0.840 bits per heavy atom. The Balaban J connectivity index is 1.61. The molecule has 0 saturated heterocycles. The summed E-state index contributed by atoms with van der Waals surface area (Å²) in [6, 6.07) is 7.21. The molecule has 0 saturated carbocycles. The van der Waals surface area contributed by atoms with Crippen molar-refractivity contribution in [2.45, 2.75) is 89.8 Å². The number of carbonyl (C=O) groups is 1. The molecular weight excluding hydrogens is 662 g/mol. The minimum absolute atomic E-state index is 0.000737. The van der Waals surface area contributed by atoms with E-state index in [1.807, 2.05) is 41.5 Å². The number of carbonyl (C=O) groups excluding carboxylic acids is 1. The second kappa shape index (κ2) is 13.0. The minimum Gasteiger partial charge on any atom is -0.506 e. The lowest BCUT2D eigenvalue weighted by atomic mass is 9.77. The minimum atomic E-state index is -4.56. The molecule has 270 valence electrons. The number of Topliss-reactive ketones (excluding diaryl/α,β-unsaturated/α-hetero) is 1. The number of nitrogens with zero attached hydrogens (tertiary/aromatic N) is 2. The first-order chi connectivity index (χ1) is 23.1. The van der Waals surface area contributed by atoms with Crippen LogP contribution in [0.1, 0.15) is 76.6 Å². The number of halogens is 6. The SMILES string of the molecule is COC(C)CCN1/C(=C\C2=C(O)C(=C\C3=[N+](CCC(C)OC)c4cc(C(F)(F)F)ccc4C3(C)C)/C2=O)C(C)(C)c2ccc(C(F)(F)F)cc21. The number of rotatable bonds is 10. The second-order valence-corrected chi connectivity index (χ2v) is 14.2. The molecule has 2 aromatic carbocycles. The first-order valence-electron chi connectivity index (χ1n) is 16.5. The standard InChI is InChI=1S/C38H42F6N2O4/c1-21(49-7)13-15-45-29-17-23(37(39,40)41)9-11-27(29)35(3,4)31(45)19-25-33(47)26(34(25)48)20-32-36(5,6)28-12-10-24(38(42,43)44)18-30(28)46(32)16-14-22(2)50-8/h9-12,17-22H,13-16H2,1-8H3/p+1. The zero-order valence-corrected chi connectivity index (χ0v) is 29.4. The Labute approximate surface area is 288 Å². The van der Waals surface area contributed by atoms with Crippen LogP contribution in [0.4, 0.5) is 37.7 Å². The molecule has 1 N–H and O–H groups in total. The molecule has 0 fully saturated rings. The summed E-state index contributed by atoms with van der Waals surface area (Å²) < 4.78 is 95.1. The fourth-order valence-corrected chi connectivity index (χ4v) is 6.97. The van der Waals surface area contributed by atoms with Crippen molar-refractivity contribution in [2.75, 3.05) is 32.2 Å². The van der Waals surface area contributed by atoms with Crippen LogP contribution in [0.3, 0.4) is 0 Å². The fraction of sp³-hybridized carbons (Fsp3) is 0.474. The van der Waals surface area contributed by atoms with Gasteiger partial charge in [0.25, 0.3) is 0 Å². The molecule has 2 aromatic rings. The van der Waals surface area contributed by atoms with Crippen LogP contribution >= 0.6 is 0 Å². The number of benzene rings is 2. The fourth-order valence-electron chi connectivity index (χ4n) is 6.97. The summed E-state index contributed by atoms with van der Waals surface area (Å²) in [5.74, 6) is -0.778. The molecule has 2 heterocycles. The highest BCUT2D eigenvalue weighted by atomic mass is 19.4. The van der Waals surface area contributed by atoms with Gasteiger partial charge in [0.05, 0.1) is 39.9 Å². The topological polar surface area (TPSA) is 62.0 Å². The summed E-state index contributed by atoms with van der Waals surface area (Å²) in [7, 11) is 3.09. The number of hydrogen-bond donors (Lipinski definition) is 1. The first-order valence-corrected chi connectivity index (χ1v) is 16.5. The molecule has 3 aliphatic rings. The van der Waals surface area contributed by atoms with Gasteiger partial charge in [-0.25, -0.2) is 0 Å². The van der Waals surface area contributed by atoms with Crippen LogP contribution in [0.15, 0.2) is 71.2 Å². The summed E-state index contributed by atoms with van der Waals surface area (Å²) >= 11 is 0. The normalized spacial score (nSPS) is 21.2. The predicted molar refractivity (Wildman–Crippen MR) is 179 cm³/mol. The van der Waals surface area contributed by atoms with Crippen LogP contribution in [0.5, 0.6) is 0 Å². The molecule has 50 heavy (non-hydrogen) atoms. The van der Waals surface area contributed by atoms with Gasteiger partial charge < -0.3 is 19.5 Å². The third-order valence-electron chi connectivity index (χ3n) is 10.3. The molecule has 2 unspecified atom stereocenters. The van der Waals surface area contributed by atoms with Gasteiger partial charge in [0.15, 0.2) is 12.3 Å². The van der Waals surface area contributed by atoms with Gasteiger partial charge in [0.2, 0.25) is 11.5 Å². The average Bonchev–Trinajstić information content (AvgIpc) is 3.39. The summed E-state index contributed by atoms with van der Waals surface area (Å²) in [6.45, 7) is 11.7. The number of anilines is 1. The summed E-state index contributed by atoms with van der Waals surface area (Å²) in [5, 5.41) is 11.4. The van der Waals surface area contributed by atoms with Crippen molar-refractivity contribution in [1.29, 1.82) is 0 Å². The summed E-state index contributed by atoms with van der Waals surface area (Å²) in [5.41, 5.74) is -0.140. The third kappa shape index (κ3) is 6.52. The van der Waals surface area contributed by atoms with E-state index in [1.165, 1.54) is 24.3 Å². The maximum absolute atomic E-state index is 13.8. The lowest BCUT2D eigenvalue weighted by molar-refractivity contribution is -0.440. The Morgan fingerprint density at radius 3 is 1.96 bits per heavy atom. The number of allylic oxidation sites excluding steroid dienone is 5. The van der Waals surface area contributed by atoms with E-state index in [4.69, 9.17) is 9.47 Å². The van der Waals surface area contributed by atoms with E-state index in [1.54, 1.807) is 23.7 Å². The van der Waals surface area contributed by atoms with Crippen molar-refractivity contribution in [3.05, 3.63) is 93.4 Å². The molecular formula is C38H43F6N2O4+. The molecule has 5 rings (SSSR count). The zero-order chi connectivity index (χ0) is 37.1. The van der Waals surface area contributed by atoms with Crippen LogP contribution in [0, 0.1) is 0 Å². The van der Waals surface area contributed by atoms with Crippen LogP contribution < -0.4 is 4.90 Å². The van der Waals surface area contributed by atoms with Crippen molar-refractivity contribution < 1.29 is 50.3 Å². The molecule has 2 aliphatic heterocycles. The Kier molecular flexibility index (Phi) is 9.72. The van der Waals surface area contributed by atoms with Gasteiger partial charge >= 0.3 is 12.4 Å². The van der Waals surface area contributed by atoms with Crippen molar-refractivity contribution >= 4 is 22.9 Å². The number of hydrogen-bond acceptors (Lipinski definition) is 5. The van der Waals surface area contributed by atoms with Gasteiger partial charge in [-0.2, -0.15) is 30.9 Å². The van der Waals surface area contributed by atoms with Crippen LogP contribution in [0.2, 0.25) is 0 Å². The quantitative estimate of drug-likeness (QED) is 0.152. The van der Waals surface area contributed by atoms with Gasteiger partial charge in [-0.05, 0) is 64.0 Å². The van der Waals surface area contributed by atoms with E-state index in [0.29, 0.717) is 59.8 Å². The first kappa shape index (κ1) is 37.4. The molecule has 0 spiro atoms. The van der Waals surface area contributed by atoms with Gasteiger partial charge in [0.1, 0.15) is 5.76 Å². The third-order valence-corrected chi connectivity index (χ3v) is 10.3. The van der Waals surface area contributed by atoms with E-state index >= 15 is 0 Å². The van der Waals surface area contributed by atoms with Crippen LogP contribution in [-0.2, 0) is 37.5 Å². The van der Waals surface area contributed by atoms with Gasteiger partial charge in [-0.15, -0.1) is 0 Å². The van der Waals surface area contributed by atoms with Gasteiger partial charge in [0, 0.05) is 61.7 Å². The smallest absolute Gasteiger partial charge is 0.416 e. The van der Waals surface area contributed by atoms with E-state index in [2.05, 4.69) is 0 Å². The van der Waals surface area contributed by atoms with E-state index in [-0.39, 0.29) is 29.1 Å². The van der Waals surface area contributed by atoms with Crippen LogP contribution in [0.25, 0.3) is 0 Å².